The molecule has 2 nitrogen and oxygen atoms in total. The molecule has 1 aromatic carbocycles. The Kier molecular flexibility index (Phi) is 3.96. The molecule has 0 radical (unpaired) electrons. The summed E-state index contributed by atoms with van der Waals surface area (Å²) in [4.78, 5) is 0. The first-order chi connectivity index (χ1) is 6.65. The van der Waals surface area contributed by atoms with Gasteiger partial charge in [0.1, 0.15) is 5.75 Å². The number of hydrogen-bond acceptors (Lipinski definition) is 2. The monoisotopic (exact) mass is 194 g/mol. The van der Waals surface area contributed by atoms with Gasteiger partial charge in [0.15, 0.2) is 0 Å². The molecule has 78 valence electrons. The van der Waals surface area contributed by atoms with Gasteiger partial charge in [-0.2, -0.15) is 0 Å². The fourth-order valence-corrected chi connectivity index (χ4v) is 1.46. The van der Waals surface area contributed by atoms with Gasteiger partial charge in [0, 0.05) is 6.61 Å². The van der Waals surface area contributed by atoms with Gasteiger partial charge in [0.2, 0.25) is 0 Å². The fourth-order valence-electron chi connectivity index (χ4n) is 1.46. The molecular weight excluding hydrogens is 176 g/mol. The third-order valence-corrected chi connectivity index (χ3v) is 2.37. The van der Waals surface area contributed by atoms with Crippen LogP contribution >= 0.6 is 0 Å². The van der Waals surface area contributed by atoms with Crippen molar-refractivity contribution in [1.82, 2.24) is 0 Å². The van der Waals surface area contributed by atoms with Crippen LogP contribution in [0, 0.1) is 13.8 Å². The van der Waals surface area contributed by atoms with Gasteiger partial charge in [-0.25, -0.2) is 0 Å². The zero-order valence-electron chi connectivity index (χ0n) is 9.13. The Bertz CT molecular complexity index is 305. The first-order valence-corrected chi connectivity index (χ1v) is 5.02. The van der Waals surface area contributed by atoms with E-state index in [2.05, 4.69) is 0 Å². The van der Waals surface area contributed by atoms with Crippen LogP contribution in [0.25, 0.3) is 0 Å². The van der Waals surface area contributed by atoms with Crippen molar-refractivity contribution in [3.8, 4) is 5.75 Å². The largest absolute Gasteiger partial charge is 0.508 e. The van der Waals surface area contributed by atoms with Crippen LogP contribution in [0.4, 0.5) is 0 Å². The second-order valence-electron chi connectivity index (χ2n) is 3.51. The van der Waals surface area contributed by atoms with Gasteiger partial charge >= 0.3 is 0 Å². The average Bonchev–Trinajstić information content (AvgIpc) is 2.14. The molecule has 0 saturated carbocycles. The molecule has 14 heavy (non-hydrogen) atoms. The Hall–Kier alpha value is -1.02. The summed E-state index contributed by atoms with van der Waals surface area (Å²) >= 11 is 0. The minimum Gasteiger partial charge on any atom is -0.508 e. The quantitative estimate of drug-likeness (QED) is 0.746. The molecule has 0 unspecified atom stereocenters. The highest BCUT2D eigenvalue weighted by Gasteiger charge is 2.02. The molecule has 0 heterocycles. The van der Waals surface area contributed by atoms with Crippen LogP contribution in [-0.4, -0.2) is 18.3 Å². The lowest BCUT2D eigenvalue weighted by molar-refractivity contribution is 0.151. The van der Waals surface area contributed by atoms with E-state index in [9.17, 15) is 5.11 Å². The fraction of sp³-hybridized carbons (Fsp3) is 0.500. The summed E-state index contributed by atoms with van der Waals surface area (Å²) in [7, 11) is 0. The summed E-state index contributed by atoms with van der Waals surface area (Å²) in [6.07, 6.45) is 0.917. The summed E-state index contributed by atoms with van der Waals surface area (Å²) < 4.78 is 5.30. The minimum atomic E-state index is 0.377. The summed E-state index contributed by atoms with van der Waals surface area (Å²) in [5.41, 5.74) is 3.32. The molecule has 0 fully saturated rings. The smallest absolute Gasteiger partial charge is 0.118 e. The van der Waals surface area contributed by atoms with E-state index >= 15 is 0 Å². The molecule has 0 spiro atoms. The van der Waals surface area contributed by atoms with E-state index in [0.717, 1.165) is 30.8 Å². The number of phenolic OH excluding ortho intramolecular Hbond substituents is 1. The Morgan fingerprint density at radius 2 is 1.93 bits per heavy atom. The van der Waals surface area contributed by atoms with Gasteiger partial charge in [-0.1, -0.05) is 6.07 Å². The lowest BCUT2D eigenvalue weighted by Crippen LogP contribution is -2.00. The van der Waals surface area contributed by atoms with Gasteiger partial charge < -0.3 is 9.84 Å². The van der Waals surface area contributed by atoms with E-state index in [1.165, 1.54) is 5.56 Å². The van der Waals surface area contributed by atoms with Crippen LogP contribution in [0.5, 0.6) is 5.75 Å². The van der Waals surface area contributed by atoms with E-state index in [0.29, 0.717) is 5.75 Å². The van der Waals surface area contributed by atoms with Crippen molar-refractivity contribution in [3.05, 3.63) is 28.8 Å². The van der Waals surface area contributed by atoms with Gasteiger partial charge in [0.25, 0.3) is 0 Å². The van der Waals surface area contributed by atoms with Crippen molar-refractivity contribution in [1.29, 1.82) is 0 Å². The van der Waals surface area contributed by atoms with Crippen molar-refractivity contribution in [3.63, 3.8) is 0 Å². The molecule has 0 aromatic heterocycles. The molecule has 0 atom stereocenters. The molecule has 0 saturated heterocycles. The van der Waals surface area contributed by atoms with E-state index in [4.69, 9.17) is 4.74 Å². The average molecular weight is 194 g/mol. The molecule has 0 aliphatic rings. The molecule has 0 aliphatic heterocycles. The van der Waals surface area contributed by atoms with Crippen molar-refractivity contribution >= 4 is 0 Å². The van der Waals surface area contributed by atoms with E-state index in [1.54, 1.807) is 0 Å². The Balaban J connectivity index is 2.72. The number of hydrogen-bond donors (Lipinski definition) is 1. The second-order valence-corrected chi connectivity index (χ2v) is 3.51. The maximum atomic E-state index is 9.46. The number of aryl methyl sites for hydroxylation is 2. The molecule has 2 heteroatoms. The van der Waals surface area contributed by atoms with Gasteiger partial charge in [-0.3, -0.25) is 0 Å². The molecular formula is C12H18O2. The third-order valence-electron chi connectivity index (χ3n) is 2.37. The van der Waals surface area contributed by atoms with E-state index in [-0.39, 0.29) is 0 Å². The number of ether oxygens (including phenoxy) is 1. The Morgan fingerprint density at radius 1 is 1.21 bits per heavy atom. The summed E-state index contributed by atoms with van der Waals surface area (Å²) in [6, 6.07) is 3.85. The molecule has 0 amide bonds. The lowest BCUT2D eigenvalue weighted by Gasteiger charge is -2.08. The van der Waals surface area contributed by atoms with Crippen molar-refractivity contribution in [2.45, 2.75) is 27.2 Å². The first kappa shape index (κ1) is 11.1. The van der Waals surface area contributed by atoms with E-state index < -0.39 is 0 Å². The molecule has 0 bridgehead atoms. The van der Waals surface area contributed by atoms with E-state index in [1.807, 2.05) is 32.9 Å². The van der Waals surface area contributed by atoms with Crippen LogP contribution in [0.15, 0.2) is 12.1 Å². The highest BCUT2D eigenvalue weighted by Crippen LogP contribution is 2.21. The number of benzene rings is 1. The molecule has 0 aliphatic carbocycles. The maximum absolute atomic E-state index is 9.46. The number of aromatic hydroxyl groups is 1. The Morgan fingerprint density at radius 3 is 2.57 bits per heavy atom. The number of phenols is 1. The van der Waals surface area contributed by atoms with Crippen LogP contribution < -0.4 is 0 Å². The Labute approximate surface area is 85.5 Å². The topological polar surface area (TPSA) is 29.5 Å². The number of rotatable bonds is 4. The standard InChI is InChI=1S/C12H18O2/c1-4-14-6-5-11-7-10(3)12(13)8-9(11)2/h7-8,13H,4-6H2,1-3H3. The van der Waals surface area contributed by atoms with Crippen LogP contribution in [-0.2, 0) is 11.2 Å². The predicted molar refractivity (Wildman–Crippen MR) is 57.8 cm³/mol. The van der Waals surface area contributed by atoms with Gasteiger partial charge in [0.05, 0.1) is 6.61 Å². The van der Waals surface area contributed by atoms with Crippen molar-refractivity contribution < 1.29 is 9.84 Å². The maximum Gasteiger partial charge on any atom is 0.118 e. The van der Waals surface area contributed by atoms with Crippen LogP contribution in [0.2, 0.25) is 0 Å². The normalized spacial score (nSPS) is 10.5. The second kappa shape index (κ2) is 5.01. The summed E-state index contributed by atoms with van der Waals surface area (Å²) in [5.74, 6) is 0.377. The van der Waals surface area contributed by atoms with Crippen molar-refractivity contribution in [2.24, 2.45) is 0 Å². The van der Waals surface area contributed by atoms with Gasteiger partial charge in [-0.15, -0.1) is 0 Å². The van der Waals surface area contributed by atoms with Gasteiger partial charge in [-0.05, 0) is 49.9 Å². The lowest BCUT2D eigenvalue weighted by atomic mass is 10.0. The first-order valence-electron chi connectivity index (χ1n) is 5.02. The zero-order valence-corrected chi connectivity index (χ0v) is 9.13. The van der Waals surface area contributed by atoms with Crippen LogP contribution in [0.1, 0.15) is 23.6 Å². The highest BCUT2D eigenvalue weighted by atomic mass is 16.5. The minimum absolute atomic E-state index is 0.377. The SMILES string of the molecule is CCOCCc1cc(C)c(O)cc1C. The summed E-state index contributed by atoms with van der Waals surface area (Å²) in [5, 5.41) is 9.46. The third kappa shape index (κ3) is 2.74. The highest BCUT2D eigenvalue weighted by molar-refractivity contribution is 5.40. The molecule has 1 aromatic rings. The van der Waals surface area contributed by atoms with Crippen molar-refractivity contribution in [2.75, 3.05) is 13.2 Å². The predicted octanol–water partition coefficient (Wildman–Crippen LogP) is 2.59. The van der Waals surface area contributed by atoms with Crippen LogP contribution in [0.3, 0.4) is 0 Å². The molecule has 1 rings (SSSR count). The zero-order chi connectivity index (χ0) is 10.6. The summed E-state index contributed by atoms with van der Waals surface area (Å²) in [6.45, 7) is 7.44. The molecule has 1 N–H and O–H groups in total.